The number of hydrogen-bond donors (Lipinski definition) is 1. The van der Waals surface area contributed by atoms with Crippen molar-refractivity contribution in [3.63, 3.8) is 0 Å². The normalized spacial score (nSPS) is 21.4. The second kappa shape index (κ2) is 7.74. The third kappa shape index (κ3) is 3.92. The summed E-state index contributed by atoms with van der Waals surface area (Å²) >= 11 is 0. The van der Waals surface area contributed by atoms with Gasteiger partial charge in [0.05, 0.1) is 18.8 Å². The van der Waals surface area contributed by atoms with E-state index in [1.165, 1.54) is 20.0 Å². The van der Waals surface area contributed by atoms with Crippen molar-refractivity contribution in [1.82, 2.24) is 25.2 Å². The number of carbonyl (C=O) groups is 2. The molecule has 1 saturated carbocycles. The van der Waals surface area contributed by atoms with Crippen LogP contribution in [0.1, 0.15) is 49.0 Å². The molecule has 132 valence electrons. The van der Waals surface area contributed by atoms with E-state index < -0.39 is 0 Å². The standard InChI is InChI=1S/C16H25N5O3/c1-24-11-15(22)21-8-4-7-13(21)9-20-10-14(18-19-20)16(23)17-12-5-2-3-6-12/h10,12-13H,2-9,11H2,1H3,(H,17,23)/t13-/m0/s1. The molecule has 2 heterocycles. The van der Waals surface area contributed by atoms with Gasteiger partial charge in [-0.1, -0.05) is 18.1 Å². The highest BCUT2D eigenvalue weighted by atomic mass is 16.5. The van der Waals surface area contributed by atoms with Crippen molar-refractivity contribution in [3.8, 4) is 0 Å². The molecule has 0 aromatic carbocycles. The predicted molar refractivity (Wildman–Crippen MR) is 86.4 cm³/mol. The fourth-order valence-corrected chi connectivity index (χ4v) is 3.60. The predicted octanol–water partition coefficient (Wildman–Crippen LogP) is 0.588. The lowest BCUT2D eigenvalue weighted by molar-refractivity contribution is -0.136. The number of rotatable bonds is 6. The van der Waals surface area contributed by atoms with Gasteiger partial charge in [-0.05, 0) is 25.7 Å². The average Bonchev–Trinajstić information content (AvgIpc) is 3.29. The van der Waals surface area contributed by atoms with Gasteiger partial charge in [0.1, 0.15) is 6.61 Å². The van der Waals surface area contributed by atoms with Gasteiger partial charge in [-0.3, -0.25) is 9.59 Å². The Hall–Kier alpha value is -1.96. The van der Waals surface area contributed by atoms with E-state index in [1.54, 1.807) is 10.9 Å². The summed E-state index contributed by atoms with van der Waals surface area (Å²) in [5, 5.41) is 11.0. The number of hydrogen-bond acceptors (Lipinski definition) is 5. The smallest absolute Gasteiger partial charge is 0.273 e. The molecule has 1 saturated heterocycles. The van der Waals surface area contributed by atoms with E-state index in [0.29, 0.717) is 12.2 Å². The lowest BCUT2D eigenvalue weighted by atomic mass is 10.2. The van der Waals surface area contributed by atoms with Crippen LogP contribution in [-0.4, -0.2) is 64.1 Å². The van der Waals surface area contributed by atoms with Crippen LogP contribution < -0.4 is 5.32 Å². The topological polar surface area (TPSA) is 89.4 Å². The number of ether oxygens (including phenoxy) is 1. The van der Waals surface area contributed by atoms with Crippen molar-refractivity contribution in [3.05, 3.63) is 11.9 Å². The van der Waals surface area contributed by atoms with Gasteiger partial charge in [0, 0.05) is 19.7 Å². The van der Waals surface area contributed by atoms with Gasteiger partial charge in [-0.15, -0.1) is 5.10 Å². The van der Waals surface area contributed by atoms with Gasteiger partial charge in [0.15, 0.2) is 5.69 Å². The number of methoxy groups -OCH3 is 1. The monoisotopic (exact) mass is 335 g/mol. The zero-order valence-corrected chi connectivity index (χ0v) is 14.1. The summed E-state index contributed by atoms with van der Waals surface area (Å²) in [7, 11) is 1.52. The molecule has 24 heavy (non-hydrogen) atoms. The van der Waals surface area contributed by atoms with E-state index in [2.05, 4.69) is 15.6 Å². The maximum absolute atomic E-state index is 12.2. The van der Waals surface area contributed by atoms with Crippen LogP contribution in [0.4, 0.5) is 0 Å². The zero-order valence-electron chi connectivity index (χ0n) is 14.1. The van der Waals surface area contributed by atoms with Gasteiger partial charge < -0.3 is 15.0 Å². The number of carbonyl (C=O) groups excluding carboxylic acids is 2. The molecule has 1 atom stereocenters. The van der Waals surface area contributed by atoms with Crippen LogP contribution >= 0.6 is 0 Å². The van der Waals surface area contributed by atoms with Gasteiger partial charge >= 0.3 is 0 Å². The summed E-state index contributed by atoms with van der Waals surface area (Å²) in [4.78, 5) is 26.1. The Labute approximate surface area is 141 Å². The van der Waals surface area contributed by atoms with Crippen molar-refractivity contribution in [2.45, 2.75) is 57.2 Å². The van der Waals surface area contributed by atoms with Gasteiger partial charge in [-0.25, -0.2) is 4.68 Å². The van der Waals surface area contributed by atoms with Crippen molar-refractivity contribution in [1.29, 1.82) is 0 Å². The summed E-state index contributed by atoms with van der Waals surface area (Å²) in [6.07, 6.45) is 8.00. The van der Waals surface area contributed by atoms with Gasteiger partial charge in [0.25, 0.3) is 5.91 Å². The maximum atomic E-state index is 12.2. The first kappa shape index (κ1) is 16.9. The van der Waals surface area contributed by atoms with E-state index in [9.17, 15) is 9.59 Å². The second-order valence-electron chi connectivity index (χ2n) is 6.60. The van der Waals surface area contributed by atoms with E-state index in [-0.39, 0.29) is 30.5 Å². The molecular weight excluding hydrogens is 310 g/mol. The molecule has 8 heteroatoms. The first-order valence-corrected chi connectivity index (χ1v) is 8.67. The molecular formula is C16H25N5O3. The molecule has 3 rings (SSSR count). The number of nitrogens with zero attached hydrogens (tertiary/aromatic N) is 4. The first-order valence-electron chi connectivity index (χ1n) is 8.67. The molecule has 2 fully saturated rings. The van der Waals surface area contributed by atoms with Gasteiger partial charge in [0.2, 0.25) is 5.91 Å². The lowest BCUT2D eigenvalue weighted by Crippen LogP contribution is -2.40. The molecule has 2 amide bonds. The fraction of sp³-hybridized carbons (Fsp3) is 0.750. The number of nitrogens with one attached hydrogen (secondary N) is 1. The average molecular weight is 335 g/mol. The number of amides is 2. The molecule has 0 radical (unpaired) electrons. The minimum absolute atomic E-state index is 0.000634. The molecule has 1 N–H and O–H groups in total. The molecule has 1 aliphatic heterocycles. The summed E-state index contributed by atoms with van der Waals surface area (Å²) in [5.41, 5.74) is 0.342. The van der Waals surface area contributed by atoms with Gasteiger partial charge in [-0.2, -0.15) is 0 Å². The highest BCUT2D eigenvalue weighted by Crippen LogP contribution is 2.19. The molecule has 1 aromatic rings. The first-order chi connectivity index (χ1) is 11.7. The summed E-state index contributed by atoms with van der Waals surface area (Å²) < 4.78 is 6.59. The molecule has 0 bridgehead atoms. The van der Waals surface area contributed by atoms with Crippen LogP contribution in [0.15, 0.2) is 6.20 Å². The second-order valence-corrected chi connectivity index (χ2v) is 6.60. The Morgan fingerprint density at radius 3 is 2.83 bits per heavy atom. The van der Waals surface area contributed by atoms with Crippen LogP contribution in [0.3, 0.4) is 0 Å². The number of likely N-dealkylation sites (tertiary alicyclic amines) is 1. The Balaban J connectivity index is 1.57. The quantitative estimate of drug-likeness (QED) is 0.822. The van der Waals surface area contributed by atoms with E-state index in [4.69, 9.17) is 4.74 Å². The highest BCUT2D eigenvalue weighted by Gasteiger charge is 2.29. The van der Waals surface area contributed by atoms with Crippen LogP contribution in [-0.2, 0) is 16.1 Å². The molecule has 8 nitrogen and oxygen atoms in total. The van der Waals surface area contributed by atoms with Crippen molar-refractivity contribution >= 4 is 11.8 Å². The Bertz CT molecular complexity index is 582. The summed E-state index contributed by atoms with van der Waals surface area (Å²) in [5.74, 6) is -0.161. The third-order valence-electron chi connectivity index (χ3n) is 4.82. The number of aromatic nitrogens is 3. The van der Waals surface area contributed by atoms with Crippen LogP contribution in [0.5, 0.6) is 0 Å². The van der Waals surface area contributed by atoms with Crippen LogP contribution in [0.2, 0.25) is 0 Å². The highest BCUT2D eigenvalue weighted by molar-refractivity contribution is 5.92. The lowest BCUT2D eigenvalue weighted by Gasteiger charge is -2.24. The fourth-order valence-electron chi connectivity index (χ4n) is 3.60. The summed E-state index contributed by atoms with van der Waals surface area (Å²) in [6, 6.07) is 0.347. The summed E-state index contributed by atoms with van der Waals surface area (Å²) in [6.45, 7) is 1.40. The minimum atomic E-state index is -0.160. The van der Waals surface area contributed by atoms with E-state index in [1.807, 2.05) is 4.90 Å². The van der Waals surface area contributed by atoms with E-state index >= 15 is 0 Å². The van der Waals surface area contributed by atoms with Crippen molar-refractivity contribution in [2.24, 2.45) is 0 Å². The van der Waals surface area contributed by atoms with E-state index in [0.717, 1.165) is 32.2 Å². The van der Waals surface area contributed by atoms with Crippen molar-refractivity contribution in [2.75, 3.05) is 20.3 Å². The van der Waals surface area contributed by atoms with Crippen molar-refractivity contribution < 1.29 is 14.3 Å². The van der Waals surface area contributed by atoms with Crippen LogP contribution in [0, 0.1) is 0 Å². The molecule has 0 unspecified atom stereocenters. The molecule has 2 aliphatic rings. The Morgan fingerprint density at radius 1 is 1.29 bits per heavy atom. The SMILES string of the molecule is COCC(=O)N1CCC[C@H]1Cn1cc(C(=O)NC2CCCC2)nn1. The maximum Gasteiger partial charge on any atom is 0.273 e. The largest absolute Gasteiger partial charge is 0.375 e. The Kier molecular flexibility index (Phi) is 5.44. The molecule has 1 aliphatic carbocycles. The van der Waals surface area contributed by atoms with Crippen LogP contribution in [0.25, 0.3) is 0 Å². The molecule has 1 aromatic heterocycles. The zero-order chi connectivity index (χ0) is 16.9. The Morgan fingerprint density at radius 2 is 2.08 bits per heavy atom. The minimum Gasteiger partial charge on any atom is -0.375 e. The molecule has 0 spiro atoms. The third-order valence-corrected chi connectivity index (χ3v) is 4.82.